The summed E-state index contributed by atoms with van der Waals surface area (Å²) < 4.78 is 5.83. The number of hydrogen-bond donors (Lipinski definition) is 1. The summed E-state index contributed by atoms with van der Waals surface area (Å²) in [6.07, 6.45) is 5.77. The molecule has 2 rings (SSSR count). The van der Waals surface area contributed by atoms with Crippen molar-refractivity contribution < 1.29 is 4.74 Å². The normalized spacial score (nSPS) is 19.5. The van der Waals surface area contributed by atoms with E-state index >= 15 is 0 Å². The Labute approximate surface area is 128 Å². The predicted molar refractivity (Wildman–Crippen MR) is 86.8 cm³/mol. The first-order valence-corrected chi connectivity index (χ1v) is 8.23. The number of nitrogens with one attached hydrogen (secondary N) is 1. The van der Waals surface area contributed by atoms with Crippen molar-refractivity contribution in [1.82, 2.24) is 9.97 Å². The lowest BCUT2D eigenvalue weighted by molar-refractivity contribution is 0.0156. The van der Waals surface area contributed by atoms with Gasteiger partial charge in [-0.1, -0.05) is 27.7 Å². The molecule has 1 fully saturated rings. The highest BCUT2D eigenvalue weighted by molar-refractivity contribution is 5.38. The van der Waals surface area contributed by atoms with E-state index in [1.54, 1.807) is 0 Å². The van der Waals surface area contributed by atoms with Crippen LogP contribution in [0, 0.1) is 0 Å². The number of ether oxygens (including phenoxy) is 1. The van der Waals surface area contributed by atoms with E-state index in [0.717, 1.165) is 49.8 Å². The average molecular weight is 291 g/mol. The zero-order chi connectivity index (χ0) is 15.3. The van der Waals surface area contributed by atoms with Crippen LogP contribution in [0.25, 0.3) is 0 Å². The van der Waals surface area contributed by atoms with Crippen molar-refractivity contribution in [2.45, 2.75) is 71.3 Å². The van der Waals surface area contributed by atoms with Gasteiger partial charge in [-0.15, -0.1) is 0 Å². The van der Waals surface area contributed by atoms with Gasteiger partial charge in [0.25, 0.3) is 0 Å². The van der Waals surface area contributed by atoms with E-state index < -0.39 is 0 Å². The lowest BCUT2D eigenvalue weighted by Gasteiger charge is -2.24. The van der Waals surface area contributed by atoms with Crippen LogP contribution in [0.3, 0.4) is 0 Å². The Morgan fingerprint density at radius 3 is 2.71 bits per heavy atom. The molecule has 4 heteroatoms. The molecule has 0 aromatic carbocycles. The molecule has 1 unspecified atom stereocenters. The number of aromatic nitrogens is 2. The maximum atomic E-state index is 5.83. The summed E-state index contributed by atoms with van der Waals surface area (Å²) in [5, 5.41) is 3.39. The van der Waals surface area contributed by atoms with Gasteiger partial charge in [-0.2, -0.15) is 0 Å². The molecule has 4 nitrogen and oxygen atoms in total. The summed E-state index contributed by atoms with van der Waals surface area (Å²) >= 11 is 0. The van der Waals surface area contributed by atoms with Crippen molar-refractivity contribution in [3.8, 4) is 0 Å². The first kappa shape index (κ1) is 16.2. The van der Waals surface area contributed by atoms with Crippen LogP contribution in [0.15, 0.2) is 6.07 Å². The Bertz CT molecular complexity index is 448. The van der Waals surface area contributed by atoms with Crippen molar-refractivity contribution in [2.75, 3.05) is 18.5 Å². The molecule has 1 aliphatic rings. The number of nitrogens with zero attached hydrogens (tertiary/aromatic N) is 2. The van der Waals surface area contributed by atoms with Crippen molar-refractivity contribution >= 4 is 5.82 Å². The number of rotatable bonds is 5. The quantitative estimate of drug-likeness (QED) is 0.898. The van der Waals surface area contributed by atoms with Crippen molar-refractivity contribution in [2.24, 2.45) is 0 Å². The third-order valence-corrected chi connectivity index (χ3v) is 3.78. The fourth-order valence-electron chi connectivity index (χ4n) is 2.49. The Kier molecular flexibility index (Phi) is 5.57. The van der Waals surface area contributed by atoms with Crippen LogP contribution in [0.5, 0.6) is 0 Å². The van der Waals surface area contributed by atoms with Gasteiger partial charge in [-0.05, 0) is 25.7 Å². The minimum Gasteiger partial charge on any atom is -0.378 e. The lowest BCUT2D eigenvalue weighted by Crippen LogP contribution is -2.24. The van der Waals surface area contributed by atoms with Crippen molar-refractivity contribution in [3.05, 3.63) is 17.6 Å². The zero-order valence-electron chi connectivity index (χ0n) is 13.9. The van der Waals surface area contributed by atoms with Gasteiger partial charge < -0.3 is 10.1 Å². The molecule has 118 valence electrons. The van der Waals surface area contributed by atoms with Gasteiger partial charge in [0.15, 0.2) is 0 Å². The molecule has 0 amide bonds. The van der Waals surface area contributed by atoms with Crippen LogP contribution < -0.4 is 5.32 Å². The Morgan fingerprint density at radius 2 is 2.10 bits per heavy atom. The van der Waals surface area contributed by atoms with E-state index in [2.05, 4.69) is 44.1 Å². The molecule has 0 bridgehead atoms. The largest absolute Gasteiger partial charge is 0.378 e. The predicted octanol–water partition coefficient (Wildman–Crippen LogP) is 3.71. The van der Waals surface area contributed by atoms with E-state index in [4.69, 9.17) is 9.72 Å². The van der Waals surface area contributed by atoms with Crippen LogP contribution in [-0.4, -0.2) is 29.2 Å². The Hall–Kier alpha value is -1.16. The molecule has 0 saturated carbocycles. The zero-order valence-corrected chi connectivity index (χ0v) is 13.9. The molecule has 0 aliphatic carbocycles. The highest BCUT2D eigenvalue weighted by atomic mass is 16.5. The highest BCUT2D eigenvalue weighted by Crippen LogP contribution is 2.24. The first-order chi connectivity index (χ1) is 9.99. The van der Waals surface area contributed by atoms with E-state index in [0.29, 0.717) is 0 Å². The molecule has 0 spiro atoms. The van der Waals surface area contributed by atoms with Gasteiger partial charge in [0.05, 0.1) is 11.8 Å². The highest BCUT2D eigenvalue weighted by Gasteiger charge is 2.21. The molecule has 1 aliphatic heterocycles. The second kappa shape index (κ2) is 7.21. The van der Waals surface area contributed by atoms with Crippen molar-refractivity contribution in [3.63, 3.8) is 0 Å². The molecule has 1 aromatic rings. The van der Waals surface area contributed by atoms with Gasteiger partial charge in [-0.3, -0.25) is 0 Å². The van der Waals surface area contributed by atoms with Crippen LogP contribution >= 0.6 is 0 Å². The van der Waals surface area contributed by atoms with Crippen LogP contribution in [-0.2, 0) is 16.6 Å². The monoisotopic (exact) mass is 291 g/mol. The second-order valence-corrected chi connectivity index (χ2v) is 6.92. The van der Waals surface area contributed by atoms with Crippen LogP contribution in [0.2, 0.25) is 0 Å². The van der Waals surface area contributed by atoms with Crippen LogP contribution in [0.4, 0.5) is 5.82 Å². The molecule has 1 N–H and O–H groups in total. The van der Waals surface area contributed by atoms with Gasteiger partial charge >= 0.3 is 0 Å². The topological polar surface area (TPSA) is 47.0 Å². The maximum absolute atomic E-state index is 5.83. The smallest absolute Gasteiger partial charge is 0.133 e. The van der Waals surface area contributed by atoms with Gasteiger partial charge in [0.1, 0.15) is 11.6 Å². The Balaban J connectivity index is 2.17. The number of anilines is 1. The maximum Gasteiger partial charge on any atom is 0.133 e. The standard InChI is InChI=1S/C17H29N3O/c1-5-9-18-15-12-14(17(2,3)4)19-16(20-15)11-13-8-6-7-10-21-13/h12-13H,5-11H2,1-4H3,(H,18,19,20). The third kappa shape index (κ3) is 4.95. The van der Waals surface area contributed by atoms with E-state index in [9.17, 15) is 0 Å². The SMILES string of the molecule is CCCNc1cc(C(C)(C)C)nc(CC2CCCCO2)n1. The minimum atomic E-state index is 0.0355. The molecule has 1 aromatic heterocycles. The van der Waals surface area contributed by atoms with Gasteiger partial charge in [0, 0.05) is 31.1 Å². The minimum absolute atomic E-state index is 0.0355. The molecule has 1 saturated heterocycles. The molecule has 2 heterocycles. The molecule has 21 heavy (non-hydrogen) atoms. The second-order valence-electron chi connectivity index (χ2n) is 6.92. The fraction of sp³-hybridized carbons (Fsp3) is 0.765. The molecule has 1 atom stereocenters. The van der Waals surface area contributed by atoms with E-state index in [-0.39, 0.29) is 11.5 Å². The van der Waals surface area contributed by atoms with E-state index in [1.807, 2.05) is 0 Å². The molecular weight excluding hydrogens is 262 g/mol. The van der Waals surface area contributed by atoms with Crippen LogP contribution in [0.1, 0.15) is 64.9 Å². The summed E-state index contributed by atoms with van der Waals surface area (Å²) in [4.78, 5) is 9.45. The average Bonchev–Trinajstić information content (AvgIpc) is 2.45. The number of hydrogen-bond acceptors (Lipinski definition) is 4. The third-order valence-electron chi connectivity index (χ3n) is 3.78. The fourth-order valence-corrected chi connectivity index (χ4v) is 2.49. The van der Waals surface area contributed by atoms with Gasteiger partial charge in [0.2, 0.25) is 0 Å². The molecule has 0 radical (unpaired) electrons. The Morgan fingerprint density at radius 1 is 1.29 bits per heavy atom. The summed E-state index contributed by atoms with van der Waals surface area (Å²) in [5.41, 5.74) is 1.13. The van der Waals surface area contributed by atoms with Gasteiger partial charge in [-0.25, -0.2) is 9.97 Å². The first-order valence-electron chi connectivity index (χ1n) is 8.23. The summed E-state index contributed by atoms with van der Waals surface area (Å²) in [7, 11) is 0. The molecular formula is C17H29N3O. The summed E-state index contributed by atoms with van der Waals surface area (Å²) in [6, 6.07) is 2.08. The van der Waals surface area contributed by atoms with E-state index in [1.165, 1.54) is 12.8 Å². The lowest BCUT2D eigenvalue weighted by atomic mass is 9.91. The summed E-state index contributed by atoms with van der Waals surface area (Å²) in [6.45, 7) is 10.6. The summed E-state index contributed by atoms with van der Waals surface area (Å²) in [5.74, 6) is 1.86. The van der Waals surface area contributed by atoms with Crippen molar-refractivity contribution in [1.29, 1.82) is 0 Å².